The molecule has 21 heavy (non-hydrogen) atoms. The van der Waals surface area contributed by atoms with Crippen LogP contribution in [0, 0.1) is 0 Å². The lowest BCUT2D eigenvalue weighted by Crippen LogP contribution is -2.15. The molecule has 0 saturated heterocycles. The number of anilines is 1. The number of rotatable bonds is 4. The van der Waals surface area contributed by atoms with Crippen molar-refractivity contribution < 1.29 is 16.8 Å². The van der Waals surface area contributed by atoms with Crippen LogP contribution in [-0.2, 0) is 20.0 Å². The van der Waals surface area contributed by atoms with Gasteiger partial charge in [-0.3, -0.25) is 4.72 Å². The summed E-state index contributed by atoms with van der Waals surface area (Å²) in [4.78, 5) is 6.70. The summed E-state index contributed by atoms with van der Waals surface area (Å²) in [6, 6.07) is 5.08. The van der Waals surface area contributed by atoms with Gasteiger partial charge in [0.2, 0.25) is 15.3 Å². The van der Waals surface area contributed by atoms with E-state index in [1.165, 1.54) is 18.2 Å². The summed E-state index contributed by atoms with van der Waals surface area (Å²) >= 11 is 5.47. The second-order valence-electron chi connectivity index (χ2n) is 3.87. The van der Waals surface area contributed by atoms with Crippen molar-refractivity contribution in [2.75, 3.05) is 4.72 Å². The van der Waals surface area contributed by atoms with Crippen LogP contribution in [0.5, 0.6) is 0 Å². The fraction of sp³-hybridized carbons (Fsp3) is 0. The Morgan fingerprint density at radius 3 is 2.24 bits per heavy atom. The first-order valence-electron chi connectivity index (χ1n) is 5.32. The van der Waals surface area contributed by atoms with E-state index >= 15 is 0 Å². The molecule has 0 fully saturated rings. The van der Waals surface area contributed by atoms with E-state index in [4.69, 9.17) is 16.7 Å². The van der Waals surface area contributed by atoms with Gasteiger partial charge < -0.3 is 0 Å². The molecule has 0 bridgehead atoms. The van der Waals surface area contributed by atoms with Crippen molar-refractivity contribution in [2.45, 2.75) is 9.79 Å². The summed E-state index contributed by atoms with van der Waals surface area (Å²) in [6.07, 6.45) is 2.06. The van der Waals surface area contributed by atoms with Crippen LogP contribution in [-0.4, -0.2) is 26.8 Å². The average molecular weight is 349 g/mol. The maximum Gasteiger partial charge on any atom is 0.264 e. The highest BCUT2D eigenvalue weighted by molar-refractivity contribution is 7.92. The zero-order chi connectivity index (χ0) is 15.7. The van der Waals surface area contributed by atoms with E-state index in [2.05, 4.69) is 14.7 Å². The fourth-order valence-corrected chi connectivity index (χ4v) is 2.98. The number of nitrogens with zero attached hydrogens (tertiary/aromatic N) is 2. The smallest absolute Gasteiger partial charge is 0.264 e. The maximum absolute atomic E-state index is 12.1. The van der Waals surface area contributed by atoms with Gasteiger partial charge in [-0.2, -0.15) is 0 Å². The number of nitrogens with two attached hydrogens (primary N) is 1. The molecule has 11 heteroatoms. The van der Waals surface area contributed by atoms with E-state index in [9.17, 15) is 16.8 Å². The molecule has 0 saturated carbocycles. The molecular formula is C10H9ClN4O4S2. The molecule has 0 aliphatic heterocycles. The van der Waals surface area contributed by atoms with Gasteiger partial charge in [-0.15, -0.1) is 0 Å². The highest BCUT2D eigenvalue weighted by Crippen LogP contribution is 2.18. The Bertz CT molecular complexity index is 866. The highest BCUT2D eigenvalue weighted by atomic mass is 35.5. The standard InChI is InChI=1S/C10H9ClN4O4S2/c11-10-13-5-9(6-14-10)21(18,19)15-7-2-1-3-8(4-7)20(12,16)17/h1-6,15H,(H2,12,16,17). The molecule has 1 heterocycles. The minimum absolute atomic E-state index is 0.0384. The Hall–Kier alpha value is -1.75. The van der Waals surface area contributed by atoms with Gasteiger partial charge in [-0.05, 0) is 29.8 Å². The number of benzene rings is 1. The molecule has 1 aromatic heterocycles. The molecule has 112 valence electrons. The van der Waals surface area contributed by atoms with Crippen LogP contribution in [0.3, 0.4) is 0 Å². The maximum atomic E-state index is 12.1. The molecular weight excluding hydrogens is 340 g/mol. The van der Waals surface area contributed by atoms with E-state index < -0.39 is 20.0 Å². The number of primary sulfonamides is 1. The Morgan fingerprint density at radius 1 is 1.05 bits per heavy atom. The summed E-state index contributed by atoms with van der Waals surface area (Å²) in [5.41, 5.74) is 0.0384. The lowest BCUT2D eigenvalue weighted by Gasteiger charge is -2.08. The van der Waals surface area contributed by atoms with Crippen LogP contribution in [0.15, 0.2) is 46.5 Å². The van der Waals surface area contributed by atoms with Crippen molar-refractivity contribution in [2.24, 2.45) is 5.14 Å². The first-order valence-corrected chi connectivity index (χ1v) is 8.72. The molecule has 2 rings (SSSR count). The number of sulfonamides is 2. The molecule has 0 atom stereocenters. The van der Waals surface area contributed by atoms with Crippen molar-refractivity contribution in [3.05, 3.63) is 41.9 Å². The largest absolute Gasteiger partial charge is 0.279 e. The van der Waals surface area contributed by atoms with Gasteiger partial charge >= 0.3 is 0 Å². The molecule has 3 N–H and O–H groups in total. The first-order chi connectivity index (χ1) is 9.68. The molecule has 2 aromatic rings. The highest BCUT2D eigenvalue weighted by Gasteiger charge is 2.16. The van der Waals surface area contributed by atoms with Crippen LogP contribution >= 0.6 is 11.6 Å². The third-order valence-electron chi connectivity index (χ3n) is 2.32. The van der Waals surface area contributed by atoms with Crippen LogP contribution < -0.4 is 9.86 Å². The predicted molar refractivity (Wildman–Crippen MR) is 75.7 cm³/mol. The second-order valence-corrected chi connectivity index (χ2v) is 7.45. The fourth-order valence-electron chi connectivity index (χ4n) is 1.39. The SMILES string of the molecule is NS(=O)(=O)c1cccc(NS(=O)(=O)c2cnc(Cl)nc2)c1. The van der Waals surface area contributed by atoms with E-state index in [1.54, 1.807) is 0 Å². The molecule has 0 unspecified atom stereocenters. The number of halogens is 1. The summed E-state index contributed by atoms with van der Waals surface area (Å²) in [5, 5.41) is 4.89. The van der Waals surface area contributed by atoms with Crippen molar-refractivity contribution >= 4 is 37.3 Å². The number of aromatic nitrogens is 2. The summed E-state index contributed by atoms with van der Waals surface area (Å²) in [5.74, 6) is 0. The molecule has 8 nitrogen and oxygen atoms in total. The van der Waals surface area contributed by atoms with Gasteiger partial charge in [-0.1, -0.05) is 6.07 Å². The quantitative estimate of drug-likeness (QED) is 0.776. The van der Waals surface area contributed by atoms with Crippen LogP contribution in [0.2, 0.25) is 5.28 Å². The molecule has 0 radical (unpaired) electrons. The van der Waals surface area contributed by atoms with Gasteiger partial charge in [0.1, 0.15) is 4.90 Å². The molecule has 0 spiro atoms. The van der Waals surface area contributed by atoms with Crippen molar-refractivity contribution in [3.63, 3.8) is 0 Å². The average Bonchev–Trinajstić information content (AvgIpc) is 2.38. The van der Waals surface area contributed by atoms with Crippen molar-refractivity contribution in [1.29, 1.82) is 0 Å². The zero-order valence-corrected chi connectivity index (χ0v) is 12.7. The third kappa shape index (κ3) is 3.88. The van der Waals surface area contributed by atoms with Crippen molar-refractivity contribution in [1.82, 2.24) is 9.97 Å². The molecule has 0 amide bonds. The molecule has 0 aliphatic rings. The minimum Gasteiger partial charge on any atom is -0.279 e. The first kappa shape index (κ1) is 15.6. The number of hydrogen-bond acceptors (Lipinski definition) is 6. The Morgan fingerprint density at radius 2 is 1.67 bits per heavy atom. The second kappa shape index (κ2) is 5.56. The van der Waals surface area contributed by atoms with Crippen LogP contribution in [0.4, 0.5) is 5.69 Å². The molecule has 1 aromatic carbocycles. The predicted octanol–water partition coefficient (Wildman–Crippen LogP) is 0.578. The van der Waals surface area contributed by atoms with E-state index in [0.29, 0.717) is 0 Å². The number of hydrogen-bond donors (Lipinski definition) is 2. The van der Waals surface area contributed by atoms with E-state index in [-0.39, 0.29) is 20.8 Å². The minimum atomic E-state index is -3.96. The van der Waals surface area contributed by atoms with Gasteiger partial charge in [0.25, 0.3) is 10.0 Å². The van der Waals surface area contributed by atoms with E-state index in [0.717, 1.165) is 18.5 Å². The Labute approximate surface area is 126 Å². The van der Waals surface area contributed by atoms with Crippen LogP contribution in [0.25, 0.3) is 0 Å². The number of nitrogens with one attached hydrogen (secondary N) is 1. The van der Waals surface area contributed by atoms with Gasteiger partial charge in [0.05, 0.1) is 23.0 Å². The lowest BCUT2D eigenvalue weighted by atomic mass is 10.3. The monoisotopic (exact) mass is 348 g/mol. The van der Waals surface area contributed by atoms with Crippen molar-refractivity contribution in [3.8, 4) is 0 Å². The summed E-state index contributed by atoms with van der Waals surface area (Å²) < 4.78 is 48.8. The normalized spacial score (nSPS) is 12.1. The third-order valence-corrected chi connectivity index (χ3v) is 4.76. The zero-order valence-electron chi connectivity index (χ0n) is 10.3. The van der Waals surface area contributed by atoms with Gasteiger partial charge in [0, 0.05) is 0 Å². The topological polar surface area (TPSA) is 132 Å². The summed E-state index contributed by atoms with van der Waals surface area (Å²) in [6.45, 7) is 0. The summed E-state index contributed by atoms with van der Waals surface area (Å²) in [7, 11) is -7.89. The van der Waals surface area contributed by atoms with E-state index in [1.807, 2.05) is 0 Å². The lowest BCUT2D eigenvalue weighted by molar-refractivity contribution is 0.596. The molecule has 0 aliphatic carbocycles. The van der Waals surface area contributed by atoms with Gasteiger partial charge in [0.15, 0.2) is 0 Å². The van der Waals surface area contributed by atoms with Gasteiger partial charge in [-0.25, -0.2) is 31.9 Å². The van der Waals surface area contributed by atoms with Crippen LogP contribution in [0.1, 0.15) is 0 Å². The Kier molecular flexibility index (Phi) is 4.14. The Balaban J connectivity index is 2.35.